The van der Waals surface area contributed by atoms with Gasteiger partial charge in [-0.3, -0.25) is 4.79 Å². The summed E-state index contributed by atoms with van der Waals surface area (Å²) >= 11 is 0. The minimum Gasteiger partial charge on any atom is -0.352 e. The second-order valence-electron chi connectivity index (χ2n) is 5.49. The van der Waals surface area contributed by atoms with Gasteiger partial charge in [0.25, 0.3) is 0 Å². The molecular weight excluding hydrogens is 304 g/mol. The van der Waals surface area contributed by atoms with Gasteiger partial charge >= 0.3 is 6.03 Å². The monoisotopic (exact) mass is 326 g/mol. The zero-order valence-electron chi connectivity index (χ0n) is 12.6. The van der Waals surface area contributed by atoms with Crippen LogP contribution >= 0.6 is 12.4 Å². The van der Waals surface area contributed by atoms with E-state index in [0.29, 0.717) is 19.6 Å². The molecule has 0 spiro atoms. The van der Waals surface area contributed by atoms with E-state index in [9.17, 15) is 9.59 Å². The minimum absolute atomic E-state index is 0. The molecule has 0 aliphatic carbocycles. The highest BCUT2D eigenvalue weighted by Gasteiger charge is 2.36. The maximum absolute atomic E-state index is 12.3. The van der Waals surface area contributed by atoms with Crippen molar-refractivity contribution in [1.82, 2.24) is 10.2 Å². The van der Waals surface area contributed by atoms with Crippen molar-refractivity contribution >= 4 is 24.3 Å². The summed E-state index contributed by atoms with van der Waals surface area (Å²) in [7, 11) is 0. The summed E-state index contributed by atoms with van der Waals surface area (Å²) in [5.74, 6) is 0.351. The lowest BCUT2D eigenvalue weighted by atomic mass is 9.89. The van der Waals surface area contributed by atoms with E-state index in [2.05, 4.69) is 17.4 Å². The number of hydrogen-bond donors (Lipinski definition) is 3. The van der Waals surface area contributed by atoms with Gasteiger partial charge < -0.3 is 21.7 Å². The first kappa shape index (κ1) is 18.3. The molecule has 1 aromatic rings. The van der Waals surface area contributed by atoms with Gasteiger partial charge in [0.1, 0.15) is 6.04 Å². The van der Waals surface area contributed by atoms with Gasteiger partial charge in [-0.1, -0.05) is 30.3 Å². The van der Waals surface area contributed by atoms with E-state index in [-0.39, 0.29) is 30.2 Å². The van der Waals surface area contributed by atoms with Gasteiger partial charge in [-0.25, -0.2) is 4.79 Å². The highest BCUT2D eigenvalue weighted by Crippen LogP contribution is 2.32. The lowest BCUT2D eigenvalue weighted by Gasteiger charge is -2.21. The van der Waals surface area contributed by atoms with Gasteiger partial charge in [0.2, 0.25) is 5.91 Å². The molecule has 3 atom stereocenters. The summed E-state index contributed by atoms with van der Waals surface area (Å²) in [5, 5.41) is 2.42. The largest absolute Gasteiger partial charge is 0.352 e. The highest BCUT2D eigenvalue weighted by atomic mass is 35.5. The SMILES string of the molecule is CC(NC(N)=O)C(=O)N1C[C@@H](CN)[C@H](c2ccccc2)C1.Cl. The number of rotatable bonds is 4. The number of primary amides is 1. The summed E-state index contributed by atoms with van der Waals surface area (Å²) in [6, 6.07) is 8.77. The van der Waals surface area contributed by atoms with E-state index in [1.165, 1.54) is 5.56 Å². The first-order chi connectivity index (χ1) is 10.0. The van der Waals surface area contributed by atoms with Crippen LogP contribution in [0, 0.1) is 5.92 Å². The average Bonchev–Trinajstić information content (AvgIpc) is 2.90. The molecule has 1 saturated heterocycles. The van der Waals surface area contributed by atoms with Crippen LogP contribution in [-0.4, -0.2) is 42.5 Å². The second kappa shape index (κ2) is 8.00. The molecule has 7 heteroatoms. The number of amides is 3. The lowest BCUT2D eigenvalue weighted by Crippen LogP contribution is -2.48. The standard InChI is InChI=1S/C15H22N4O2.ClH/c1-10(18-15(17)21)14(20)19-8-12(7-16)13(9-19)11-5-3-2-4-6-11;/h2-6,10,12-13H,7-9,16H2,1H3,(H3,17,18,21);1H/t10?,12-,13+;/m1./s1. The van der Waals surface area contributed by atoms with Crippen LogP contribution < -0.4 is 16.8 Å². The van der Waals surface area contributed by atoms with Crippen molar-refractivity contribution in [3.8, 4) is 0 Å². The first-order valence-electron chi connectivity index (χ1n) is 7.12. The van der Waals surface area contributed by atoms with Gasteiger partial charge in [0.15, 0.2) is 0 Å². The van der Waals surface area contributed by atoms with E-state index in [4.69, 9.17) is 11.5 Å². The number of nitrogens with zero attached hydrogens (tertiary/aromatic N) is 1. The Kier molecular flexibility index (Phi) is 6.64. The zero-order valence-corrected chi connectivity index (χ0v) is 13.4. The number of hydrogen-bond acceptors (Lipinski definition) is 3. The molecule has 1 aliphatic heterocycles. The van der Waals surface area contributed by atoms with Gasteiger partial charge in [-0.05, 0) is 24.9 Å². The molecule has 1 aromatic carbocycles. The fraction of sp³-hybridized carbons (Fsp3) is 0.467. The Labute approximate surface area is 136 Å². The van der Waals surface area contributed by atoms with Crippen molar-refractivity contribution in [3.63, 3.8) is 0 Å². The van der Waals surface area contributed by atoms with Crippen molar-refractivity contribution in [2.45, 2.75) is 18.9 Å². The average molecular weight is 327 g/mol. The number of carbonyl (C=O) groups excluding carboxylic acids is 2. The molecule has 0 saturated carbocycles. The van der Waals surface area contributed by atoms with E-state index in [1.54, 1.807) is 11.8 Å². The maximum atomic E-state index is 12.3. The van der Waals surface area contributed by atoms with Crippen LogP contribution in [0.1, 0.15) is 18.4 Å². The number of urea groups is 1. The molecule has 0 radical (unpaired) electrons. The van der Waals surface area contributed by atoms with Crippen molar-refractivity contribution in [3.05, 3.63) is 35.9 Å². The van der Waals surface area contributed by atoms with E-state index < -0.39 is 12.1 Å². The molecule has 1 aliphatic rings. The van der Waals surface area contributed by atoms with E-state index in [1.807, 2.05) is 18.2 Å². The fourth-order valence-electron chi connectivity index (χ4n) is 2.92. The van der Waals surface area contributed by atoms with Crippen molar-refractivity contribution in [2.24, 2.45) is 17.4 Å². The van der Waals surface area contributed by atoms with Gasteiger partial charge in [0.05, 0.1) is 0 Å². The van der Waals surface area contributed by atoms with Crippen molar-refractivity contribution in [1.29, 1.82) is 0 Å². The Hall–Kier alpha value is -1.79. The molecule has 1 fully saturated rings. The third-order valence-electron chi connectivity index (χ3n) is 4.01. The molecule has 2 rings (SSSR count). The lowest BCUT2D eigenvalue weighted by molar-refractivity contribution is -0.131. The summed E-state index contributed by atoms with van der Waals surface area (Å²) < 4.78 is 0. The third-order valence-corrected chi connectivity index (χ3v) is 4.01. The topological polar surface area (TPSA) is 101 Å². The number of likely N-dealkylation sites (tertiary alicyclic amines) is 1. The molecule has 5 N–H and O–H groups in total. The van der Waals surface area contributed by atoms with Crippen LogP contribution in [-0.2, 0) is 4.79 Å². The molecule has 6 nitrogen and oxygen atoms in total. The second-order valence-corrected chi connectivity index (χ2v) is 5.49. The van der Waals surface area contributed by atoms with Gasteiger partial charge in [-0.15, -0.1) is 12.4 Å². The molecule has 1 unspecified atom stereocenters. The van der Waals surface area contributed by atoms with Gasteiger partial charge in [0, 0.05) is 19.0 Å². The molecule has 1 heterocycles. The predicted octanol–water partition coefficient (Wildman–Crippen LogP) is 0.666. The summed E-state index contributed by atoms with van der Waals surface area (Å²) in [6.07, 6.45) is 0. The third kappa shape index (κ3) is 4.11. The number of benzene rings is 1. The maximum Gasteiger partial charge on any atom is 0.312 e. The first-order valence-corrected chi connectivity index (χ1v) is 7.12. The number of halogens is 1. The Morgan fingerprint density at radius 1 is 1.32 bits per heavy atom. The Bertz CT molecular complexity index is 512. The molecule has 3 amide bonds. The number of nitrogens with two attached hydrogens (primary N) is 2. The minimum atomic E-state index is -0.690. The Morgan fingerprint density at radius 2 is 1.95 bits per heavy atom. The normalized spacial score (nSPS) is 21.8. The Balaban J connectivity index is 0.00000242. The predicted molar refractivity (Wildman–Crippen MR) is 87.7 cm³/mol. The van der Waals surface area contributed by atoms with E-state index in [0.717, 1.165) is 0 Å². The molecule has 0 aromatic heterocycles. The van der Waals surface area contributed by atoms with E-state index >= 15 is 0 Å². The molecule has 0 bridgehead atoms. The molecular formula is C15H23ClN4O2. The van der Waals surface area contributed by atoms with Crippen LogP contribution in [0.2, 0.25) is 0 Å². The van der Waals surface area contributed by atoms with Crippen LogP contribution in [0.3, 0.4) is 0 Å². The summed E-state index contributed by atoms with van der Waals surface area (Å²) in [6.45, 7) is 3.40. The van der Waals surface area contributed by atoms with Gasteiger partial charge in [-0.2, -0.15) is 0 Å². The Morgan fingerprint density at radius 3 is 2.50 bits per heavy atom. The number of carbonyl (C=O) groups is 2. The van der Waals surface area contributed by atoms with Crippen molar-refractivity contribution < 1.29 is 9.59 Å². The zero-order chi connectivity index (χ0) is 15.4. The van der Waals surface area contributed by atoms with Crippen LogP contribution in [0.5, 0.6) is 0 Å². The van der Waals surface area contributed by atoms with Crippen molar-refractivity contribution in [2.75, 3.05) is 19.6 Å². The number of nitrogens with one attached hydrogen (secondary N) is 1. The summed E-state index contributed by atoms with van der Waals surface area (Å²) in [5.41, 5.74) is 12.1. The smallest absolute Gasteiger partial charge is 0.312 e. The fourth-order valence-corrected chi connectivity index (χ4v) is 2.92. The quantitative estimate of drug-likeness (QED) is 0.757. The highest BCUT2D eigenvalue weighted by molar-refractivity contribution is 5.86. The van der Waals surface area contributed by atoms with Crippen LogP contribution in [0.25, 0.3) is 0 Å². The molecule has 22 heavy (non-hydrogen) atoms. The van der Waals surface area contributed by atoms with Crippen LogP contribution in [0.4, 0.5) is 4.79 Å². The molecule has 122 valence electrons. The van der Waals surface area contributed by atoms with Crippen LogP contribution in [0.15, 0.2) is 30.3 Å². The summed E-state index contributed by atoms with van der Waals surface area (Å²) in [4.78, 5) is 24.9.